The molecule has 7 heteroatoms. The van der Waals surface area contributed by atoms with Crippen molar-refractivity contribution < 1.29 is 14.7 Å². The third-order valence-electron chi connectivity index (χ3n) is 3.66. The van der Waals surface area contributed by atoms with Crippen molar-refractivity contribution in [2.45, 2.75) is 23.8 Å². The third kappa shape index (κ3) is 4.00. The van der Waals surface area contributed by atoms with E-state index in [0.717, 1.165) is 11.0 Å². The zero-order valence-corrected chi connectivity index (χ0v) is 14.3. The van der Waals surface area contributed by atoms with Crippen LogP contribution in [-0.2, 0) is 4.79 Å². The van der Waals surface area contributed by atoms with Crippen LogP contribution in [0.1, 0.15) is 23.7 Å². The molecule has 1 atom stereocenters. The van der Waals surface area contributed by atoms with Gasteiger partial charge in [0, 0.05) is 5.69 Å². The molecule has 1 unspecified atom stereocenters. The highest BCUT2D eigenvalue weighted by Gasteiger charge is 2.20. The Morgan fingerprint density at radius 1 is 1.24 bits per heavy atom. The van der Waals surface area contributed by atoms with Crippen molar-refractivity contribution in [2.24, 2.45) is 0 Å². The molecule has 3 N–H and O–H groups in total. The highest BCUT2D eigenvalue weighted by atomic mass is 32.2. The zero-order chi connectivity index (χ0) is 17.8. The van der Waals surface area contributed by atoms with E-state index in [2.05, 4.69) is 15.3 Å². The Kier molecular flexibility index (Phi) is 5.04. The summed E-state index contributed by atoms with van der Waals surface area (Å²) in [5.41, 5.74) is 2.38. The fraction of sp³-hybridized carbons (Fsp3) is 0.167. The second kappa shape index (κ2) is 7.40. The first-order valence-electron chi connectivity index (χ1n) is 7.82. The van der Waals surface area contributed by atoms with Crippen LogP contribution in [0.15, 0.2) is 53.7 Å². The van der Waals surface area contributed by atoms with Crippen molar-refractivity contribution in [3.8, 4) is 0 Å². The smallest absolute Gasteiger partial charge is 0.335 e. The van der Waals surface area contributed by atoms with Gasteiger partial charge >= 0.3 is 5.97 Å². The number of carbonyl (C=O) groups is 2. The Bertz CT molecular complexity index is 890. The number of nitrogens with zero attached hydrogens (tertiary/aromatic N) is 1. The topological polar surface area (TPSA) is 95.1 Å². The number of carboxylic acids is 1. The van der Waals surface area contributed by atoms with E-state index in [9.17, 15) is 9.59 Å². The molecule has 0 spiro atoms. The van der Waals surface area contributed by atoms with Crippen molar-refractivity contribution in [3.63, 3.8) is 0 Å². The van der Waals surface area contributed by atoms with Crippen molar-refractivity contribution in [1.82, 2.24) is 9.97 Å². The number of rotatable bonds is 6. The first-order valence-corrected chi connectivity index (χ1v) is 8.70. The number of carbonyl (C=O) groups excluding carboxylic acids is 1. The Hall–Kier alpha value is -2.80. The summed E-state index contributed by atoms with van der Waals surface area (Å²) in [6.45, 7) is 1.92. The monoisotopic (exact) mass is 355 g/mol. The van der Waals surface area contributed by atoms with Gasteiger partial charge in [-0.15, -0.1) is 0 Å². The molecule has 0 saturated heterocycles. The number of aromatic nitrogens is 2. The van der Waals surface area contributed by atoms with Crippen LogP contribution in [0, 0.1) is 0 Å². The number of H-pyrrole nitrogens is 1. The van der Waals surface area contributed by atoms with Crippen molar-refractivity contribution in [3.05, 3.63) is 54.1 Å². The van der Waals surface area contributed by atoms with Gasteiger partial charge in [-0.25, -0.2) is 9.78 Å². The highest BCUT2D eigenvalue weighted by Crippen LogP contribution is 2.26. The summed E-state index contributed by atoms with van der Waals surface area (Å²) in [5, 5.41) is 12.2. The third-order valence-corrected chi connectivity index (χ3v) is 4.91. The van der Waals surface area contributed by atoms with Gasteiger partial charge in [-0.3, -0.25) is 4.79 Å². The number of hydrogen-bond donors (Lipinski definition) is 3. The minimum Gasteiger partial charge on any atom is -0.478 e. The molecule has 0 saturated carbocycles. The summed E-state index contributed by atoms with van der Waals surface area (Å²) in [6.07, 6.45) is 0.617. The predicted molar refractivity (Wildman–Crippen MR) is 98.1 cm³/mol. The standard InChI is InChI=1S/C18H17N3O3S/c1-2-15(25-18-20-13-8-3-4-9-14(13)21-18)16(22)19-12-7-5-6-11(10-12)17(23)24/h3-10,15H,2H2,1H3,(H,19,22)(H,20,21)(H,23,24). The lowest BCUT2D eigenvalue weighted by Crippen LogP contribution is -2.24. The first kappa shape index (κ1) is 17.0. The number of fused-ring (bicyclic) bond motifs is 1. The molecule has 25 heavy (non-hydrogen) atoms. The van der Waals surface area contributed by atoms with E-state index in [1.165, 1.54) is 23.9 Å². The normalized spacial score (nSPS) is 12.0. The molecule has 0 bridgehead atoms. The quantitative estimate of drug-likeness (QED) is 0.585. The lowest BCUT2D eigenvalue weighted by molar-refractivity contribution is -0.115. The second-order valence-electron chi connectivity index (χ2n) is 5.45. The average Bonchev–Trinajstić information content (AvgIpc) is 3.02. The summed E-state index contributed by atoms with van der Waals surface area (Å²) >= 11 is 1.36. The molecule has 1 aromatic heterocycles. The van der Waals surface area contributed by atoms with Crippen LogP contribution in [0.5, 0.6) is 0 Å². The van der Waals surface area contributed by atoms with Crippen molar-refractivity contribution >= 4 is 40.4 Å². The molecule has 2 aromatic carbocycles. The molecule has 6 nitrogen and oxygen atoms in total. The summed E-state index contributed by atoms with van der Waals surface area (Å²) < 4.78 is 0. The highest BCUT2D eigenvalue weighted by molar-refractivity contribution is 8.00. The van der Waals surface area contributed by atoms with Gasteiger partial charge in [-0.05, 0) is 36.8 Å². The van der Waals surface area contributed by atoms with E-state index in [4.69, 9.17) is 5.11 Å². The fourth-order valence-electron chi connectivity index (χ4n) is 2.39. The van der Waals surface area contributed by atoms with Gasteiger partial charge in [0.05, 0.1) is 21.8 Å². The van der Waals surface area contributed by atoms with E-state index in [0.29, 0.717) is 17.3 Å². The number of imidazole rings is 1. The summed E-state index contributed by atoms with van der Waals surface area (Å²) in [4.78, 5) is 31.2. The molecule has 1 amide bonds. The summed E-state index contributed by atoms with van der Waals surface area (Å²) in [7, 11) is 0. The molecule has 128 valence electrons. The van der Waals surface area contributed by atoms with Crippen LogP contribution < -0.4 is 5.32 Å². The lowest BCUT2D eigenvalue weighted by atomic mass is 10.2. The number of amides is 1. The number of aromatic amines is 1. The van der Waals surface area contributed by atoms with Crippen molar-refractivity contribution in [2.75, 3.05) is 5.32 Å². The maximum Gasteiger partial charge on any atom is 0.335 e. The minimum atomic E-state index is -1.03. The fourth-order valence-corrected chi connectivity index (χ4v) is 3.32. The Morgan fingerprint density at radius 2 is 2.04 bits per heavy atom. The van der Waals surface area contributed by atoms with Crippen molar-refractivity contribution in [1.29, 1.82) is 0 Å². The van der Waals surface area contributed by atoms with Crippen LogP contribution >= 0.6 is 11.8 Å². The Balaban J connectivity index is 1.72. The molecule has 3 aromatic rings. The van der Waals surface area contributed by atoms with Crippen LogP contribution in [0.25, 0.3) is 11.0 Å². The number of nitrogens with one attached hydrogen (secondary N) is 2. The molecule has 0 fully saturated rings. The number of carboxylic acid groups (broad SMARTS) is 1. The van der Waals surface area contributed by atoms with Crippen LogP contribution in [0.4, 0.5) is 5.69 Å². The predicted octanol–water partition coefficient (Wildman–Crippen LogP) is 3.77. The first-order chi connectivity index (χ1) is 12.1. The van der Waals surface area contributed by atoms with Gasteiger partial charge in [0.1, 0.15) is 0 Å². The minimum absolute atomic E-state index is 0.135. The van der Waals surface area contributed by atoms with Gasteiger partial charge < -0.3 is 15.4 Å². The maximum atomic E-state index is 12.5. The second-order valence-corrected chi connectivity index (χ2v) is 6.64. The average molecular weight is 355 g/mol. The van der Waals surface area contributed by atoms with Gasteiger partial charge in [-0.2, -0.15) is 0 Å². The number of benzene rings is 2. The van der Waals surface area contributed by atoms with Gasteiger partial charge in [0.25, 0.3) is 0 Å². The molecular formula is C18H17N3O3S. The number of aromatic carboxylic acids is 1. The molecule has 0 aliphatic rings. The van der Waals surface area contributed by atoms with Gasteiger partial charge in [0.15, 0.2) is 5.16 Å². The lowest BCUT2D eigenvalue weighted by Gasteiger charge is -2.13. The van der Waals surface area contributed by atoms with Crippen LogP contribution in [0.2, 0.25) is 0 Å². The maximum absolute atomic E-state index is 12.5. The van der Waals surface area contributed by atoms with Gasteiger partial charge in [0.2, 0.25) is 5.91 Å². The van der Waals surface area contributed by atoms with E-state index in [1.54, 1.807) is 12.1 Å². The molecule has 1 heterocycles. The molecular weight excluding hydrogens is 338 g/mol. The number of thioether (sulfide) groups is 1. The number of para-hydroxylation sites is 2. The van der Waals surface area contributed by atoms with E-state index >= 15 is 0 Å². The SMILES string of the molecule is CCC(Sc1nc2ccccc2[nH]1)C(=O)Nc1cccc(C(=O)O)c1. The summed E-state index contributed by atoms with van der Waals surface area (Å²) in [5.74, 6) is -1.21. The van der Waals surface area contributed by atoms with Gasteiger partial charge in [-0.1, -0.05) is 36.9 Å². The number of anilines is 1. The van der Waals surface area contributed by atoms with Crippen LogP contribution in [-0.4, -0.2) is 32.2 Å². The molecule has 0 radical (unpaired) electrons. The van der Waals surface area contributed by atoms with Crippen LogP contribution in [0.3, 0.4) is 0 Å². The van der Waals surface area contributed by atoms with E-state index in [1.807, 2.05) is 31.2 Å². The Labute approximate surface area is 148 Å². The summed E-state index contributed by atoms with van der Waals surface area (Å²) in [6, 6.07) is 13.9. The largest absolute Gasteiger partial charge is 0.478 e. The van der Waals surface area contributed by atoms with E-state index < -0.39 is 5.97 Å². The Morgan fingerprint density at radius 3 is 2.76 bits per heavy atom. The zero-order valence-electron chi connectivity index (χ0n) is 13.5. The molecule has 3 rings (SSSR count). The number of hydrogen-bond acceptors (Lipinski definition) is 4. The molecule has 0 aliphatic carbocycles. The van der Waals surface area contributed by atoms with E-state index in [-0.39, 0.29) is 16.7 Å². The molecule has 0 aliphatic heterocycles.